The zero-order valence-electron chi connectivity index (χ0n) is 36.4. The summed E-state index contributed by atoms with van der Waals surface area (Å²) in [5.41, 5.74) is 11.2. The van der Waals surface area contributed by atoms with Gasteiger partial charge in [0, 0.05) is 73.4 Å². The number of rotatable bonds is 7. The number of halogens is 1. The number of aromatic hydroxyl groups is 1. The minimum atomic E-state index is -0.766. The minimum Gasteiger partial charge on any atom is -0.508 e. The Morgan fingerprint density at radius 3 is 2.31 bits per heavy atom. The van der Waals surface area contributed by atoms with Crippen LogP contribution in [0.25, 0.3) is 5.00 Å². The molecule has 0 radical (unpaired) electrons. The van der Waals surface area contributed by atoms with E-state index in [-0.39, 0.29) is 29.4 Å². The third-order valence-electron chi connectivity index (χ3n) is 14.3. The molecule has 3 atom stereocenters. The van der Waals surface area contributed by atoms with Gasteiger partial charge in [-0.1, -0.05) is 48.5 Å². The van der Waals surface area contributed by atoms with Crippen molar-refractivity contribution >= 4 is 28.4 Å². The fraction of sp³-hybridized carbons (Fsp3) is 0.392. The second kappa shape index (κ2) is 16.1. The van der Waals surface area contributed by atoms with Crippen molar-refractivity contribution in [3.63, 3.8) is 0 Å². The highest BCUT2D eigenvalue weighted by Crippen LogP contribution is 2.49. The molecule has 4 aliphatic rings. The molecule has 9 nitrogen and oxygen atoms in total. The number of aliphatic imine (C=N–C) groups is 1. The number of fused-ring (bicyclic) bond motifs is 4. The van der Waals surface area contributed by atoms with Crippen LogP contribution in [0.4, 0.5) is 15.8 Å². The van der Waals surface area contributed by atoms with Crippen molar-refractivity contribution in [1.82, 2.24) is 19.7 Å². The molecular weight excluding hydrogens is 794 g/mol. The number of phenols is 1. The molecule has 6 aromatic rings. The highest BCUT2D eigenvalue weighted by Gasteiger charge is 2.37. The third kappa shape index (κ3) is 7.31. The molecule has 11 heteroatoms. The number of phenolic OH excluding ortho intramolecular Hbond substituents is 1. The van der Waals surface area contributed by atoms with Gasteiger partial charge >= 0.3 is 0 Å². The number of hydrogen-bond donors (Lipinski definition) is 2. The Morgan fingerprint density at radius 2 is 1.56 bits per heavy atom. The number of hydrogen-bond acceptors (Lipinski definition) is 9. The SMILES string of the molecule is Cc1cc(N2CCN(CC3(O)CCN(c4ccc(C5=N[C@@H](C)c6nnc(C)n6-c6sc(C)c(C)c65)cc4)CC3)CC2)c(F)cc1[C@@H]1c2ccc(O)cc2CC[C@@H]1c1ccccc1. The van der Waals surface area contributed by atoms with E-state index in [4.69, 9.17) is 4.99 Å². The number of benzene rings is 4. The highest BCUT2D eigenvalue weighted by atomic mass is 32.1. The number of piperazine rings is 1. The number of aryl methyl sites for hydroxylation is 4. The normalized spacial score (nSPS) is 21.2. The van der Waals surface area contributed by atoms with Crippen LogP contribution in [-0.4, -0.2) is 87.0 Å². The van der Waals surface area contributed by atoms with E-state index >= 15 is 4.39 Å². The lowest BCUT2D eigenvalue weighted by Gasteiger charge is -2.44. The maximum absolute atomic E-state index is 16.4. The van der Waals surface area contributed by atoms with Crippen molar-refractivity contribution < 1.29 is 14.6 Å². The second-order valence-corrected chi connectivity index (χ2v) is 19.4. The predicted molar refractivity (Wildman–Crippen MR) is 248 cm³/mol. The zero-order valence-corrected chi connectivity index (χ0v) is 37.2. The number of anilines is 2. The summed E-state index contributed by atoms with van der Waals surface area (Å²) in [6, 6.07) is 28.8. The number of aliphatic hydroxyl groups is 1. The van der Waals surface area contributed by atoms with Crippen molar-refractivity contribution in [1.29, 1.82) is 0 Å². The first-order chi connectivity index (χ1) is 29.9. The van der Waals surface area contributed by atoms with E-state index in [2.05, 4.69) is 106 Å². The molecular formula is C51H56FN7O2S. The van der Waals surface area contributed by atoms with E-state index in [0.29, 0.717) is 38.2 Å². The summed E-state index contributed by atoms with van der Waals surface area (Å²) in [4.78, 5) is 13.4. The van der Waals surface area contributed by atoms with Crippen LogP contribution in [0.2, 0.25) is 0 Å². The summed E-state index contributed by atoms with van der Waals surface area (Å²) in [6.07, 6.45) is 3.20. The van der Waals surface area contributed by atoms with Gasteiger partial charge in [0.05, 0.1) is 17.0 Å². The summed E-state index contributed by atoms with van der Waals surface area (Å²) >= 11 is 1.78. The molecule has 3 aliphatic heterocycles. The van der Waals surface area contributed by atoms with Gasteiger partial charge in [0.2, 0.25) is 0 Å². The Morgan fingerprint density at radius 1 is 0.823 bits per heavy atom. The summed E-state index contributed by atoms with van der Waals surface area (Å²) in [6.45, 7) is 15.7. The van der Waals surface area contributed by atoms with Crippen molar-refractivity contribution in [3.8, 4) is 10.8 Å². The van der Waals surface area contributed by atoms with E-state index < -0.39 is 5.60 Å². The maximum Gasteiger partial charge on any atom is 0.162 e. The molecule has 0 saturated carbocycles. The maximum atomic E-state index is 16.4. The van der Waals surface area contributed by atoms with E-state index in [1.54, 1.807) is 23.5 Å². The van der Waals surface area contributed by atoms with E-state index in [0.717, 1.165) is 94.9 Å². The number of thiophene rings is 1. The monoisotopic (exact) mass is 849 g/mol. The summed E-state index contributed by atoms with van der Waals surface area (Å²) in [7, 11) is 0. The lowest BCUT2D eigenvalue weighted by molar-refractivity contribution is -0.0173. The summed E-state index contributed by atoms with van der Waals surface area (Å²) < 4.78 is 18.5. The Labute approximate surface area is 368 Å². The van der Waals surface area contributed by atoms with Crippen LogP contribution in [-0.2, 0) is 6.42 Å². The molecule has 1 aliphatic carbocycles. The van der Waals surface area contributed by atoms with Crippen LogP contribution in [0.3, 0.4) is 0 Å². The van der Waals surface area contributed by atoms with Gasteiger partial charge in [-0.3, -0.25) is 14.5 Å². The van der Waals surface area contributed by atoms with Crippen LogP contribution in [0.5, 0.6) is 5.75 Å². The first-order valence-corrected chi connectivity index (χ1v) is 23.1. The number of piperidine rings is 1. The lowest BCUT2D eigenvalue weighted by Crippen LogP contribution is -2.55. The molecule has 0 amide bonds. The first kappa shape index (κ1) is 40.7. The van der Waals surface area contributed by atoms with Gasteiger partial charge in [0.15, 0.2) is 5.82 Å². The van der Waals surface area contributed by atoms with Crippen LogP contribution < -0.4 is 9.80 Å². The topological polar surface area (TPSA) is 93.3 Å². The van der Waals surface area contributed by atoms with Gasteiger partial charge in [-0.15, -0.1) is 21.5 Å². The Bertz CT molecular complexity index is 2660. The molecule has 4 aromatic carbocycles. The minimum absolute atomic E-state index is 0.00241. The average molecular weight is 850 g/mol. The van der Waals surface area contributed by atoms with Gasteiger partial charge in [-0.2, -0.15) is 0 Å². The van der Waals surface area contributed by atoms with E-state index in [9.17, 15) is 10.2 Å². The van der Waals surface area contributed by atoms with E-state index in [1.807, 2.05) is 31.2 Å². The molecule has 2 aromatic heterocycles. The molecule has 2 saturated heterocycles. The van der Waals surface area contributed by atoms with Crippen LogP contribution in [0, 0.1) is 33.5 Å². The number of aromatic nitrogens is 3. The molecule has 5 heterocycles. The van der Waals surface area contributed by atoms with E-state index in [1.165, 1.54) is 21.6 Å². The smallest absolute Gasteiger partial charge is 0.162 e. The van der Waals surface area contributed by atoms with Gasteiger partial charge in [-0.25, -0.2) is 4.39 Å². The van der Waals surface area contributed by atoms with Crippen molar-refractivity contribution in [2.75, 3.05) is 55.6 Å². The fourth-order valence-corrected chi connectivity index (χ4v) is 11.9. The van der Waals surface area contributed by atoms with Gasteiger partial charge in [-0.05, 0) is 136 Å². The average Bonchev–Trinajstić information content (AvgIpc) is 3.77. The van der Waals surface area contributed by atoms with Crippen LogP contribution in [0.15, 0.2) is 89.9 Å². The van der Waals surface area contributed by atoms with Crippen LogP contribution >= 0.6 is 11.3 Å². The summed E-state index contributed by atoms with van der Waals surface area (Å²) in [5, 5.41) is 32.2. The lowest BCUT2D eigenvalue weighted by atomic mass is 9.68. The Hall–Kier alpha value is -5.36. The number of β-amino-alcohol motifs (C(OH)–C–C–N with tert-alkyl or cyclic N) is 1. The second-order valence-electron chi connectivity index (χ2n) is 18.2. The molecule has 2 fully saturated rings. The first-order valence-electron chi connectivity index (χ1n) is 22.3. The molecule has 0 bridgehead atoms. The molecule has 0 unspecified atom stereocenters. The van der Waals surface area contributed by atoms with Crippen molar-refractivity contribution in [2.45, 2.75) is 83.8 Å². The van der Waals surface area contributed by atoms with Gasteiger partial charge < -0.3 is 20.0 Å². The molecule has 0 spiro atoms. The summed E-state index contributed by atoms with van der Waals surface area (Å²) in [5.74, 6) is 2.06. The molecule has 62 heavy (non-hydrogen) atoms. The molecule has 10 rings (SSSR count). The van der Waals surface area contributed by atoms with Crippen molar-refractivity contribution in [3.05, 3.63) is 152 Å². The van der Waals surface area contributed by atoms with Crippen LogP contribution in [0.1, 0.15) is 105 Å². The quantitative estimate of drug-likeness (QED) is 0.166. The Kier molecular flexibility index (Phi) is 10.6. The zero-order chi connectivity index (χ0) is 42.9. The van der Waals surface area contributed by atoms with Crippen molar-refractivity contribution in [2.24, 2.45) is 4.99 Å². The molecule has 2 N–H and O–H groups in total. The largest absolute Gasteiger partial charge is 0.508 e. The molecule has 320 valence electrons. The Balaban J connectivity index is 0.782. The fourth-order valence-electron chi connectivity index (χ4n) is 10.7. The third-order valence-corrected chi connectivity index (χ3v) is 15.5. The predicted octanol–water partition coefficient (Wildman–Crippen LogP) is 9.33. The van der Waals surface area contributed by atoms with Gasteiger partial charge in [0.1, 0.15) is 28.4 Å². The highest BCUT2D eigenvalue weighted by molar-refractivity contribution is 7.15. The van der Waals surface area contributed by atoms with Gasteiger partial charge in [0.25, 0.3) is 0 Å². The standard InChI is InChI=1S/C51H56FN7O2S/c1-31-27-45(44(52)29-43(31)47-41(36-9-7-6-8-10-36)17-13-38-28-40(60)16-18-42(38)47)58-25-23-56(24-26-58)30-51(61)19-21-57(22-20-51)39-14-11-37(12-15-39)48-46-32(2)34(4)62-50(46)59-35(5)54-55-49(59)33(3)53-48/h6-12,14-16,18,27-29,33,41,47,60-61H,13,17,19-26,30H2,1-5H3/t33-,41+,47-/m0/s1. The number of nitrogens with zero attached hydrogens (tertiary/aromatic N) is 7.